The second-order valence-corrected chi connectivity index (χ2v) is 5.36. The van der Waals surface area contributed by atoms with Gasteiger partial charge in [0, 0.05) is 24.7 Å². The molecule has 2 N–H and O–H groups in total. The number of hydrogen-bond donors (Lipinski definition) is 1. The Morgan fingerprint density at radius 3 is 2.61 bits per heavy atom. The topological polar surface area (TPSA) is 46.3 Å². The lowest BCUT2D eigenvalue weighted by Crippen LogP contribution is -2.42. The van der Waals surface area contributed by atoms with E-state index >= 15 is 0 Å². The molecule has 0 bridgehead atoms. The first kappa shape index (κ1) is 13.1. The third kappa shape index (κ3) is 2.91. The van der Waals surface area contributed by atoms with Crippen molar-refractivity contribution in [3.05, 3.63) is 35.4 Å². The molecule has 18 heavy (non-hydrogen) atoms. The highest BCUT2D eigenvalue weighted by atomic mass is 16.2. The maximum atomic E-state index is 12.3. The van der Waals surface area contributed by atoms with Crippen LogP contribution in [0.25, 0.3) is 0 Å². The molecule has 1 aromatic carbocycles. The quantitative estimate of drug-likeness (QED) is 0.869. The van der Waals surface area contributed by atoms with Crippen LogP contribution in [0.2, 0.25) is 0 Å². The summed E-state index contributed by atoms with van der Waals surface area (Å²) in [7, 11) is 0. The van der Waals surface area contributed by atoms with Crippen LogP contribution >= 0.6 is 0 Å². The summed E-state index contributed by atoms with van der Waals surface area (Å²) in [6.45, 7) is 5.74. The minimum absolute atomic E-state index is 0.154. The zero-order valence-electron chi connectivity index (χ0n) is 11.2. The first-order valence-corrected chi connectivity index (χ1v) is 6.69. The minimum Gasteiger partial charge on any atom is -0.339 e. The van der Waals surface area contributed by atoms with E-state index in [-0.39, 0.29) is 11.9 Å². The van der Waals surface area contributed by atoms with Gasteiger partial charge < -0.3 is 10.6 Å². The summed E-state index contributed by atoms with van der Waals surface area (Å²) in [5.41, 5.74) is 7.85. The van der Waals surface area contributed by atoms with Crippen molar-refractivity contribution in [2.75, 3.05) is 13.1 Å². The predicted molar refractivity (Wildman–Crippen MR) is 73.5 cm³/mol. The number of nitrogens with zero attached hydrogens (tertiary/aromatic N) is 1. The number of piperidine rings is 1. The maximum Gasteiger partial charge on any atom is 0.253 e. The molecule has 1 amide bonds. The zero-order valence-corrected chi connectivity index (χ0v) is 11.2. The van der Waals surface area contributed by atoms with Gasteiger partial charge in [-0.2, -0.15) is 0 Å². The van der Waals surface area contributed by atoms with Crippen molar-refractivity contribution in [2.24, 2.45) is 11.7 Å². The van der Waals surface area contributed by atoms with E-state index in [9.17, 15) is 4.79 Å². The number of likely N-dealkylation sites (tertiary alicyclic amines) is 1. The molecule has 3 nitrogen and oxygen atoms in total. The molecular formula is C15H22N2O. The van der Waals surface area contributed by atoms with Gasteiger partial charge in [0.1, 0.15) is 0 Å². The Hall–Kier alpha value is -1.35. The molecule has 1 fully saturated rings. The van der Waals surface area contributed by atoms with Crippen LogP contribution in [0, 0.1) is 12.8 Å². The Bertz CT molecular complexity index is 420. The van der Waals surface area contributed by atoms with Crippen LogP contribution in [0.15, 0.2) is 24.3 Å². The second kappa shape index (κ2) is 5.53. The normalized spacial score (nSPS) is 18.7. The number of carbonyl (C=O) groups excluding carboxylic acids is 1. The number of amides is 1. The highest BCUT2D eigenvalue weighted by molar-refractivity contribution is 5.94. The predicted octanol–water partition coefficient (Wildman–Crippen LogP) is 2.19. The summed E-state index contributed by atoms with van der Waals surface area (Å²) in [6.07, 6.45) is 2.05. The fourth-order valence-electron chi connectivity index (χ4n) is 2.59. The lowest BCUT2D eigenvalue weighted by Gasteiger charge is -2.33. The Balaban J connectivity index is 1.99. The van der Waals surface area contributed by atoms with Crippen molar-refractivity contribution in [1.29, 1.82) is 0 Å². The lowest BCUT2D eigenvalue weighted by atomic mass is 9.90. The standard InChI is InChI=1S/C15H22N2O/c1-11-4-3-5-14(10-11)15(18)17-8-6-13(7-9-17)12(2)16/h3-5,10,12-13H,6-9,16H2,1-2H3. The monoisotopic (exact) mass is 246 g/mol. The van der Waals surface area contributed by atoms with Crippen LogP contribution in [0.4, 0.5) is 0 Å². The van der Waals surface area contributed by atoms with Crippen LogP contribution in [0.5, 0.6) is 0 Å². The highest BCUT2D eigenvalue weighted by Gasteiger charge is 2.25. The van der Waals surface area contributed by atoms with Gasteiger partial charge in [0.15, 0.2) is 0 Å². The summed E-state index contributed by atoms with van der Waals surface area (Å²) in [5.74, 6) is 0.716. The summed E-state index contributed by atoms with van der Waals surface area (Å²) in [4.78, 5) is 14.3. The summed E-state index contributed by atoms with van der Waals surface area (Å²) < 4.78 is 0. The third-order valence-electron chi connectivity index (χ3n) is 3.84. The van der Waals surface area contributed by atoms with Gasteiger partial charge in [-0.15, -0.1) is 0 Å². The van der Waals surface area contributed by atoms with Crippen LogP contribution in [0.1, 0.15) is 35.7 Å². The van der Waals surface area contributed by atoms with E-state index in [2.05, 4.69) is 6.92 Å². The molecule has 0 radical (unpaired) electrons. The van der Waals surface area contributed by atoms with Crippen LogP contribution < -0.4 is 5.73 Å². The van der Waals surface area contributed by atoms with Gasteiger partial charge in [0.25, 0.3) is 5.91 Å². The molecule has 1 aliphatic rings. The molecule has 1 atom stereocenters. The van der Waals surface area contributed by atoms with Gasteiger partial charge in [-0.3, -0.25) is 4.79 Å². The van der Waals surface area contributed by atoms with Gasteiger partial charge in [-0.25, -0.2) is 0 Å². The molecule has 1 heterocycles. The smallest absolute Gasteiger partial charge is 0.253 e. The van der Waals surface area contributed by atoms with Crippen molar-refractivity contribution in [3.8, 4) is 0 Å². The van der Waals surface area contributed by atoms with E-state index in [1.807, 2.05) is 36.1 Å². The Morgan fingerprint density at radius 1 is 1.39 bits per heavy atom. The van der Waals surface area contributed by atoms with Crippen molar-refractivity contribution >= 4 is 5.91 Å². The average Bonchev–Trinajstić information content (AvgIpc) is 2.38. The number of benzene rings is 1. The minimum atomic E-state index is 0.154. The van der Waals surface area contributed by atoms with E-state index in [0.717, 1.165) is 37.1 Å². The van der Waals surface area contributed by atoms with Crippen LogP contribution in [-0.2, 0) is 0 Å². The number of aryl methyl sites for hydroxylation is 1. The van der Waals surface area contributed by atoms with E-state index in [1.54, 1.807) is 0 Å². The highest BCUT2D eigenvalue weighted by Crippen LogP contribution is 2.21. The second-order valence-electron chi connectivity index (χ2n) is 5.36. The Kier molecular flexibility index (Phi) is 4.02. The molecule has 1 unspecified atom stereocenters. The van der Waals surface area contributed by atoms with Crippen molar-refractivity contribution in [1.82, 2.24) is 4.90 Å². The summed E-state index contributed by atoms with van der Waals surface area (Å²) in [6, 6.07) is 8.05. The fourth-order valence-corrected chi connectivity index (χ4v) is 2.59. The SMILES string of the molecule is Cc1cccc(C(=O)N2CCC(C(C)N)CC2)c1. The van der Waals surface area contributed by atoms with Gasteiger partial charge >= 0.3 is 0 Å². The van der Waals surface area contributed by atoms with Crippen molar-refractivity contribution in [3.63, 3.8) is 0 Å². The van der Waals surface area contributed by atoms with Gasteiger partial charge in [0.05, 0.1) is 0 Å². The molecule has 1 saturated heterocycles. The Morgan fingerprint density at radius 2 is 2.06 bits per heavy atom. The fraction of sp³-hybridized carbons (Fsp3) is 0.533. The van der Waals surface area contributed by atoms with Gasteiger partial charge in [-0.05, 0) is 44.7 Å². The number of hydrogen-bond acceptors (Lipinski definition) is 2. The van der Waals surface area contributed by atoms with Gasteiger partial charge in [-0.1, -0.05) is 17.7 Å². The zero-order chi connectivity index (χ0) is 13.1. The van der Waals surface area contributed by atoms with Crippen LogP contribution in [0.3, 0.4) is 0 Å². The molecule has 0 spiro atoms. The molecular weight excluding hydrogens is 224 g/mol. The third-order valence-corrected chi connectivity index (χ3v) is 3.84. The first-order chi connectivity index (χ1) is 8.58. The molecule has 3 heteroatoms. The van der Waals surface area contributed by atoms with Crippen molar-refractivity contribution < 1.29 is 4.79 Å². The summed E-state index contributed by atoms with van der Waals surface area (Å²) >= 11 is 0. The maximum absolute atomic E-state index is 12.3. The van der Waals surface area contributed by atoms with E-state index in [1.165, 1.54) is 0 Å². The van der Waals surface area contributed by atoms with E-state index in [0.29, 0.717) is 5.92 Å². The molecule has 2 rings (SSSR count). The molecule has 1 aromatic rings. The molecule has 0 aliphatic carbocycles. The first-order valence-electron chi connectivity index (χ1n) is 6.69. The van der Waals surface area contributed by atoms with Gasteiger partial charge in [0.2, 0.25) is 0 Å². The average molecular weight is 246 g/mol. The molecule has 0 aromatic heterocycles. The number of carbonyl (C=O) groups is 1. The molecule has 0 saturated carbocycles. The summed E-state index contributed by atoms with van der Waals surface area (Å²) in [5, 5.41) is 0. The molecule has 1 aliphatic heterocycles. The molecule has 98 valence electrons. The largest absolute Gasteiger partial charge is 0.339 e. The van der Waals surface area contributed by atoms with Crippen LogP contribution in [-0.4, -0.2) is 29.9 Å². The van der Waals surface area contributed by atoms with Crippen molar-refractivity contribution in [2.45, 2.75) is 32.7 Å². The number of rotatable bonds is 2. The Labute approximate surface area is 109 Å². The lowest BCUT2D eigenvalue weighted by molar-refractivity contribution is 0.0681. The number of nitrogens with two attached hydrogens (primary N) is 1. The van der Waals surface area contributed by atoms with E-state index < -0.39 is 0 Å². The van der Waals surface area contributed by atoms with E-state index in [4.69, 9.17) is 5.73 Å².